The first kappa shape index (κ1) is 14.0. The zero-order valence-corrected chi connectivity index (χ0v) is 11.0. The zero-order valence-electron chi connectivity index (χ0n) is 11.0. The number of hydrogen-bond acceptors (Lipinski definition) is 5. The van der Waals surface area contributed by atoms with Crippen molar-refractivity contribution in [3.05, 3.63) is 23.8 Å². The van der Waals surface area contributed by atoms with E-state index in [9.17, 15) is 4.79 Å². The summed E-state index contributed by atoms with van der Waals surface area (Å²) in [5.41, 5.74) is 1.71. The third kappa shape index (κ3) is 4.08. The number of carbonyl (C=O) groups excluding carboxylic acids is 1. The standard InChI is InChI=1S/C13H17NO4/c1-9(14-18-10(2)15)7-11-5-6-12(16-3)13(8-11)17-4/h5-6,8H,7H2,1-4H3/b14-9+. The molecule has 98 valence electrons. The van der Waals surface area contributed by atoms with E-state index in [1.807, 2.05) is 18.2 Å². The van der Waals surface area contributed by atoms with E-state index >= 15 is 0 Å². The van der Waals surface area contributed by atoms with Crippen molar-refractivity contribution in [2.24, 2.45) is 5.16 Å². The van der Waals surface area contributed by atoms with Crippen molar-refractivity contribution in [3.8, 4) is 11.5 Å². The Bertz CT molecular complexity index is 454. The van der Waals surface area contributed by atoms with Gasteiger partial charge in [-0.1, -0.05) is 11.2 Å². The van der Waals surface area contributed by atoms with E-state index in [4.69, 9.17) is 9.47 Å². The number of carbonyl (C=O) groups is 1. The lowest BCUT2D eigenvalue weighted by molar-refractivity contribution is -0.140. The van der Waals surface area contributed by atoms with Crippen LogP contribution in [-0.4, -0.2) is 25.9 Å². The maximum atomic E-state index is 10.6. The van der Waals surface area contributed by atoms with Crippen molar-refractivity contribution in [3.63, 3.8) is 0 Å². The average molecular weight is 251 g/mol. The Kier molecular flexibility index (Phi) is 5.17. The molecule has 0 radical (unpaired) electrons. The summed E-state index contributed by atoms with van der Waals surface area (Å²) >= 11 is 0. The zero-order chi connectivity index (χ0) is 13.5. The molecule has 0 saturated heterocycles. The molecular weight excluding hydrogens is 234 g/mol. The Labute approximate surface area is 106 Å². The Morgan fingerprint density at radius 2 is 1.83 bits per heavy atom. The monoisotopic (exact) mass is 251 g/mol. The van der Waals surface area contributed by atoms with Crippen LogP contribution in [0.15, 0.2) is 23.4 Å². The van der Waals surface area contributed by atoms with Gasteiger partial charge in [-0.25, -0.2) is 4.79 Å². The van der Waals surface area contributed by atoms with Crippen LogP contribution in [0.3, 0.4) is 0 Å². The Morgan fingerprint density at radius 3 is 2.39 bits per heavy atom. The molecular formula is C13H17NO4. The van der Waals surface area contributed by atoms with Crippen molar-refractivity contribution < 1.29 is 19.1 Å². The normalized spacial score (nSPS) is 11.0. The van der Waals surface area contributed by atoms with Gasteiger partial charge in [0.1, 0.15) is 0 Å². The fraction of sp³-hybridized carbons (Fsp3) is 0.385. The fourth-order valence-corrected chi connectivity index (χ4v) is 1.46. The molecule has 0 aliphatic rings. The van der Waals surface area contributed by atoms with Gasteiger partial charge >= 0.3 is 5.97 Å². The van der Waals surface area contributed by atoms with Crippen LogP contribution in [0.25, 0.3) is 0 Å². The van der Waals surface area contributed by atoms with Gasteiger partial charge in [0.15, 0.2) is 11.5 Å². The summed E-state index contributed by atoms with van der Waals surface area (Å²) in [5.74, 6) is 0.910. The first-order chi connectivity index (χ1) is 8.56. The maximum Gasteiger partial charge on any atom is 0.331 e. The van der Waals surface area contributed by atoms with Gasteiger partial charge in [-0.15, -0.1) is 0 Å². The Hall–Kier alpha value is -2.04. The summed E-state index contributed by atoms with van der Waals surface area (Å²) < 4.78 is 10.4. The highest BCUT2D eigenvalue weighted by Crippen LogP contribution is 2.27. The highest BCUT2D eigenvalue weighted by Gasteiger charge is 2.05. The minimum absolute atomic E-state index is 0.429. The van der Waals surface area contributed by atoms with Crippen LogP contribution < -0.4 is 9.47 Å². The largest absolute Gasteiger partial charge is 0.493 e. The first-order valence-corrected chi connectivity index (χ1v) is 5.48. The molecule has 1 aromatic carbocycles. The molecule has 0 aromatic heterocycles. The second-order valence-corrected chi connectivity index (χ2v) is 3.78. The number of nitrogens with zero attached hydrogens (tertiary/aromatic N) is 1. The van der Waals surface area contributed by atoms with Crippen molar-refractivity contribution in [1.82, 2.24) is 0 Å². The lowest BCUT2D eigenvalue weighted by Crippen LogP contribution is -2.02. The quantitative estimate of drug-likeness (QED) is 0.457. The summed E-state index contributed by atoms with van der Waals surface area (Å²) in [5, 5.41) is 3.71. The highest BCUT2D eigenvalue weighted by atomic mass is 16.7. The van der Waals surface area contributed by atoms with Crippen molar-refractivity contribution in [1.29, 1.82) is 0 Å². The lowest BCUT2D eigenvalue weighted by atomic mass is 10.1. The second kappa shape index (κ2) is 6.64. The van der Waals surface area contributed by atoms with Gasteiger partial charge in [0.25, 0.3) is 0 Å². The van der Waals surface area contributed by atoms with Crippen molar-refractivity contribution in [2.45, 2.75) is 20.3 Å². The third-order valence-corrected chi connectivity index (χ3v) is 2.24. The molecule has 0 aliphatic heterocycles. The molecule has 5 heteroatoms. The maximum absolute atomic E-state index is 10.6. The number of oxime groups is 1. The van der Waals surface area contributed by atoms with Gasteiger partial charge < -0.3 is 14.3 Å². The molecule has 0 aliphatic carbocycles. The molecule has 5 nitrogen and oxygen atoms in total. The van der Waals surface area contributed by atoms with Crippen LogP contribution >= 0.6 is 0 Å². The van der Waals surface area contributed by atoms with Gasteiger partial charge in [0.05, 0.1) is 19.9 Å². The summed E-state index contributed by atoms with van der Waals surface area (Å²) in [6.07, 6.45) is 0.577. The molecule has 0 amide bonds. The summed E-state index contributed by atoms with van der Waals surface area (Å²) in [4.78, 5) is 15.2. The third-order valence-electron chi connectivity index (χ3n) is 2.24. The molecule has 0 N–H and O–H groups in total. The number of ether oxygens (including phenoxy) is 2. The minimum atomic E-state index is -0.429. The van der Waals surface area contributed by atoms with Gasteiger partial charge in [-0.2, -0.15) is 0 Å². The van der Waals surface area contributed by atoms with Crippen LogP contribution in [0.2, 0.25) is 0 Å². The van der Waals surface area contributed by atoms with Crippen LogP contribution in [-0.2, 0) is 16.1 Å². The van der Waals surface area contributed by atoms with E-state index < -0.39 is 5.97 Å². The van der Waals surface area contributed by atoms with E-state index in [0.717, 1.165) is 5.56 Å². The van der Waals surface area contributed by atoms with Crippen molar-refractivity contribution in [2.75, 3.05) is 14.2 Å². The number of methoxy groups -OCH3 is 2. The SMILES string of the molecule is COc1ccc(C/C(C)=N/OC(C)=O)cc1OC. The molecule has 0 unspecified atom stereocenters. The molecule has 18 heavy (non-hydrogen) atoms. The molecule has 0 bridgehead atoms. The molecule has 0 fully saturated rings. The van der Waals surface area contributed by atoms with E-state index in [1.165, 1.54) is 6.92 Å². The number of benzene rings is 1. The molecule has 1 rings (SSSR count). The van der Waals surface area contributed by atoms with E-state index in [1.54, 1.807) is 21.1 Å². The van der Waals surface area contributed by atoms with Crippen LogP contribution in [0, 0.1) is 0 Å². The Balaban J connectivity index is 2.79. The predicted molar refractivity (Wildman–Crippen MR) is 68.1 cm³/mol. The topological polar surface area (TPSA) is 57.1 Å². The molecule has 0 spiro atoms. The summed E-state index contributed by atoms with van der Waals surface area (Å²) in [6.45, 7) is 3.10. The molecule has 1 aromatic rings. The second-order valence-electron chi connectivity index (χ2n) is 3.78. The first-order valence-electron chi connectivity index (χ1n) is 5.48. The smallest absolute Gasteiger partial charge is 0.331 e. The summed E-state index contributed by atoms with van der Waals surface area (Å²) in [7, 11) is 3.17. The van der Waals surface area contributed by atoms with E-state index in [0.29, 0.717) is 23.6 Å². The average Bonchev–Trinajstić information content (AvgIpc) is 2.36. The van der Waals surface area contributed by atoms with E-state index in [2.05, 4.69) is 9.99 Å². The minimum Gasteiger partial charge on any atom is -0.493 e. The Morgan fingerprint density at radius 1 is 1.17 bits per heavy atom. The van der Waals surface area contributed by atoms with Crippen LogP contribution in [0.4, 0.5) is 0 Å². The number of rotatable bonds is 5. The molecule has 0 saturated carbocycles. The van der Waals surface area contributed by atoms with E-state index in [-0.39, 0.29) is 0 Å². The lowest BCUT2D eigenvalue weighted by Gasteiger charge is -2.09. The van der Waals surface area contributed by atoms with Gasteiger partial charge in [-0.3, -0.25) is 0 Å². The summed E-state index contributed by atoms with van der Waals surface area (Å²) in [6, 6.07) is 5.60. The number of hydrogen-bond donors (Lipinski definition) is 0. The highest BCUT2D eigenvalue weighted by molar-refractivity contribution is 5.84. The van der Waals surface area contributed by atoms with Crippen LogP contribution in [0.5, 0.6) is 11.5 Å². The van der Waals surface area contributed by atoms with Crippen molar-refractivity contribution >= 4 is 11.7 Å². The van der Waals surface area contributed by atoms with Crippen LogP contribution in [0.1, 0.15) is 19.4 Å². The van der Waals surface area contributed by atoms with Gasteiger partial charge in [0.2, 0.25) is 0 Å². The predicted octanol–water partition coefficient (Wildman–Crippen LogP) is 2.19. The van der Waals surface area contributed by atoms with Gasteiger partial charge in [0, 0.05) is 13.3 Å². The molecule has 0 heterocycles. The fourth-order valence-electron chi connectivity index (χ4n) is 1.46. The molecule has 0 atom stereocenters. The van der Waals surface area contributed by atoms with Gasteiger partial charge in [-0.05, 0) is 24.6 Å².